The van der Waals surface area contributed by atoms with Crippen molar-refractivity contribution in [2.45, 2.75) is 51.9 Å². The molecule has 2 saturated heterocycles. The summed E-state index contributed by atoms with van der Waals surface area (Å²) in [5.74, 6) is 1.92. The van der Waals surface area contributed by atoms with E-state index in [1.54, 1.807) is 6.07 Å². The third kappa shape index (κ3) is 5.93. The molecule has 0 saturated carbocycles. The van der Waals surface area contributed by atoms with Crippen LogP contribution >= 0.6 is 11.6 Å². The number of aryl methyl sites for hydroxylation is 2. The molecule has 2 aromatic heterocycles. The fraction of sp³-hybridized carbons (Fsp3) is 0.481. The molecule has 5 rings (SSSR count). The second kappa shape index (κ2) is 11.1. The number of halogens is 2. The number of aromatic nitrogens is 4. The average Bonchev–Trinajstić information content (AvgIpc) is 3.32. The number of aromatic amines is 1. The van der Waals surface area contributed by atoms with Crippen molar-refractivity contribution in [1.82, 2.24) is 30.4 Å². The van der Waals surface area contributed by atoms with Crippen LogP contribution < -0.4 is 10.6 Å². The number of amides is 1. The van der Waals surface area contributed by atoms with Gasteiger partial charge in [-0.3, -0.25) is 9.89 Å². The maximum atomic E-state index is 15.3. The van der Waals surface area contributed by atoms with Crippen LogP contribution in [-0.2, 0) is 11.2 Å². The molecule has 4 heterocycles. The number of anilines is 2. The normalized spacial score (nSPS) is 17.2. The molecule has 8 nitrogen and oxygen atoms in total. The van der Waals surface area contributed by atoms with Crippen molar-refractivity contribution in [2.75, 3.05) is 31.5 Å². The third-order valence-corrected chi connectivity index (χ3v) is 7.74. The van der Waals surface area contributed by atoms with Crippen LogP contribution in [0, 0.1) is 25.6 Å². The van der Waals surface area contributed by atoms with Crippen molar-refractivity contribution in [1.29, 1.82) is 0 Å². The first-order valence-electron chi connectivity index (χ1n) is 13.0. The van der Waals surface area contributed by atoms with E-state index in [-0.39, 0.29) is 30.0 Å². The summed E-state index contributed by atoms with van der Waals surface area (Å²) in [4.78, 5) is 23.7. The molecule has 1 amide bonds. The molecule has 0 atom stereocenters. The second-order valence-corrected chi connectivity index (χ2v) is 10.6. The summed E-state index contributed by atoms with van der Waals surface area (Å²) >= 11 is 6.27. The minimum atomic E-state index is -0.259. The number of carbonyl (C=O) groups is 1. The average molecular weight is 526 g/mol. The first-order valence-corrected chi connectivity index (χ1v) is 13.3. The molecule has 2 aliphatic rings. The molecule has 196 valence electrons. The van der Waals surface area contributed by atoms with Crippen molar-refractivity contribution >= 4 is 29.1 Å². The Morgan fingerprint density at radius 3 is 2.62 bits per heavy atom. The van der Waals surface area contributed by atoms with Gasteiger partial charge in [0.1, 0.15) is 16.7 Å². The van der Waals surface area contributed by atoms with Gasteiger partial charge in [0, 0.05) is 37.2 Å². The number of rotatable bonds is 6. The van der Waals surface area contributed by atoms with Crippen molar-refractivity contribution in [3.05, 3.63) is 63.4 Å². The van der Waals surface area contributed by atoms with Gasteiger partial charge >= 0.3 is 0 Å². The predicted octanol–water partition coefficient (Wildman–Crippen LogP) is 4.65. The van der Waals surface area contributed by atoms with E-state index >= 15 is 4.39 Å². The zero-order chi connectivity index (χ0) is 25.9. The Kier molecular flexibility index (Phi) is 7.71. The molecule has 1 aromatic carbocycles. The molecule has 2 aliphatic heterocycles. The van der Waals surface area contributed by atoms with Gasteiger partial charge in [-0.2, -0.15) is 5.10 Å². The van der Waals surface area contributed by atoms with E-state index < -0.39 is 0 Å². The predicted molar refractivity (Wildman–Crippen MR) is 142 cm³/mol. The fourth-order valence-electron chi connectivity index (χ4n) is 5.42. The van der Waals surface area contributed by atoms with Gasteiger partial charge < -0.3 is 15.5 Å². The van der Waals surface area contributed by atoms with Gasteiger partial charge in [-0.25, -0.2) is 14.4 Å². The van der Waals surface area contributed by atoms with Crippen LogP contribution in [-0.4, -0.2) is 57.2 Å². The van der Waals surface area contributed by atoms with Gasteiger partial charge in [0.15, 0.2) is 11.6 Å². The van der Waals surface area contributed by atoms with E-state index in [1.165, 1.54) is 6.20 Å². The molecule has 0 aliphatic carbocycles. The molecule has 0 spiro atoms. The summed E-state index contributed by atoms with van der Waals surface area (Å²) in [5, 5.41) is 13.8. The molecule has 0 radical (unpaired) electrons. The SMILES string of the molecule is Cc1cc(Nc2nc(Cc3cc(C)c(C4CCN(C(=O)C5CCNCC5)CC4)cc3F)ncc2Cl)n[nH]1. The van der Waals surface area contributed by atoms with Gasteiger partial charge in [0.05, 0.1) is 6.20 Å². The number of H-pyrrole nitrogens is 1. The number of hydrogen-bond donors (Lipinski definition) is 3. The zero-order valence-corrected chi connectivity index (χ0v) is 22.0. The van der Waals surface area contributed by atoms with E-state index in [1.807, 2.05) is 30.9 Å². The Morgan fingerprint density at radius 2 is 1.92 bits per heavy atom. The highest BCUT2D eigenvalue weighted by molar-refractivity contribution is 6.32. The maximum Gasteiger partial charge on any atom is 0.225 e. The molecular formula is C27H33ClFN7O. The topological polar surface area (TPSA) is 98.8 Å². The molecule has 3 N–H and O–H groups in total. The van der Waals surface area contributed by atoms with Crippen molar-refractivity contribution in [2.24, 2.45) is 5.92 Å². The number of carbonyl (C=O) groups excluding carboxylic acids is 1. The van der Waals surface area contributed by atoms with Gasteiger partial charge in [0.25, 0.3) is 0 Å². The molecule has 0 bridgehead atoms. The Hall–Kier alpha value is -3.04. The number of benzene rings is 1. The Balaban J connectivity index is 1.24. The van der Waals surface area contributed by atoms with Crippen LogP contribution in [0.1, 0.15) is 59.8 Å². The van der Waals surface area contributed by atoms with E-state index in [9.17, 15) is 4.79 Å². The van der Waals surface area contributed by atoms with Gasteiger partial charge in [-0.15, -0.1) is 0 Å². The summed E-state index contributed by atoms with van der Waals surface area (Å²) < 4.78 is 15.3. The summed E-state index contributed by atoms with van der Waals surface area (Å²) in [6.07, 6.45) is 5.33. The minimum Gasteiger partial charge on any atom is -0.342 e. The lowest BCUT2D eigenvalue weighted by Gasteiger charge is -2.36. The summed E-state index contributed by atoms with van der Waals surface area (Å²) in [5.41, 5.74) is 3.54. The highest BCUT2D eigenvalue weighted by Crippen LogP contribution is 2.33. The largest absolute Gasteiger partial charge is 0.342 e. The Labute approximate surface area is 221 Å². The quantitative estimate of drug-likeness (QED) is 0.433. The highest BCUT2D eigenvalue weighted by atomic mass is 35.5. The lowest BCUT2D eigenvalue weighted by molar-refractivity contribution is -0.137. The first kappa shape index (κ1) is 25.6. The standard InChI is InChI=1S/C27H33ClFN7O/c1-16-11-20(13-24-31-15-22(28)26(32-24)33-25-12-17(2)34-35-25)23(29)14-21(16)18-5-9-36(10-6-18)27(37)19-3-7-30-8-4-19/h11-12,14-15,18-19,30H,3-10,13H2,1-2H3,(H2,31,32,33,34,35). The van der Waals surface area contributed by atoms with Gasteiger partial charge in [0.2, 0.25) is 5.91 Å². The molecule has 37 heavy (non-hydrogen) atoms. The van der Waals surface area contributed by atoms with E-state index in [4.69, 9.17) is 11.6 Å². The van der Waals surface area contributed by atoms with Crippen LogP contribution in [0.5, 0.6) is 0 Å². The summed E-state index contributed by atoms with van der Waals surface area (Å²) in [7, 11) is 0. The molecular weight excluding hydrogens is 493 g/mol. The van der Waals surface area contributed by atoms with E-state index in [0.29, 0.717) is 28.0 Å². The van der Waals surface area contributed by atoms with E-state index in [2.05, 4.69) is 30.8 Å². The fourth-order valence-corrected chi connectivity index (χ4v) is 5.56. The highest BCUT2D eigenvalue weighted by Gasteiger charge is 2.30. The van der Waals surface area contributed by atoms with E-state index in [0.717, 1.165) is 68.7 Å². The second-order valence-electron chi connectivity index (χ2n) is 10.1. The van der Waals surface area contributed by atoms with Crippen LogP contribution in [0.2, 0.25) is 5.02 Å². The molecule has 3 aromatic rings. The Morgan fingerprint density at radius 1 is 1.16 bits per heavy atom. The third-order valence-electron chi connectivity index (χ3n) is 7.46. The first-order chi connectivity index (χ1) is 17.9. The number of nitrogens with zero attached hydrogens (tertiary/aromatic N) is 4. The van der Waals surface area contributed by atoms with Crippen molar-refractivity contribution < 1.29 is 9.18 Å². The number of likely N-dealkylation sites (tertiary alicyclic amines) is 1. The van der Waals surface area contributed by atoms with Crippen molar-refractivity contribution in [3.8, 4) is 0 Å². The summed E-state index contributed by atoms with van der Waals surface area (Å²) in [6, 6.07) is 5.41. The minimum absolute atomic E-state index is 0.144. The van der Waals surface area contributed by atoms with Gasteiger partial charge in [-0.1, -0.05) is 17.7 Å². The van der Waals surface area contributed by atoms with Crippen LogP contribution in [0.4, 0.5) is 16.0 Å². The molecule has 0 unspecified atom stereocenters. The monoisotopic (exact) mass is 525 g/mol. The molecule has 2 fully saturated rings. The Bertz CT molecular complexity index is 1270. The summed E-state index contributed by atoms with van der Waals surface area (Å²) in [6.45, 7) is 7.24. The lowest BCUT2D eigenvalue weighted by Crippen LogP contribution is -2.44. The smallest absolute Gasteiger partial charge is 0.225 e. The van der Waals surface area contributed by atoms with Crippen LogP contribution in [0.3, 0.4) is 0 Å². The zero-order valence-electron chi connectivity index (χ0n) is 21.3. The van der Waals surface area contributed by atoms with Gasteiger partial charge in [-0.05, 0) is 81.3 Å². The van der Waals surface area contributed by atoms with Crippen molar-refractivity contribution in [3.63, 3.8) is 0 Å². The van der Waals surface area contributed by atoms with Crippen LogP contribution in [0.25, 0.3) is 0 Å². The number of piperidine rings is 2. The number of nitrogens with one attached hydrogen (secondary N) is 3. The molecule has 10 heteroatoms. The number of hydrogen-bond acceptors (Lipinski definition) is 6. The maximum absolute atomic E-state index is 15.3. The van der Waals surface area contributed by atoms with Crippen LogP contribution in [0.15, 0.2) is 24.4 Å². The lowest BCUT2D eigenvalue weighted by atomic mass is 9.85.